The van der Waals surface area contributed by atoms with E-state index < -0.39 is 0 Å². The van der Waals surface area contributed by atoms with E-state index in [9.17, 15) is 9.18 Å². The molecule has 1 aromatic carbocycles. The maximum atomic E-state index is 13.5. The van der Waals surface area contributed by atoms with Gasteiger partial charge in [-0.2, -0.15) is 0 Å². The summed E-state index contributed by atoms with van der Waals surface area (Å²) in [7, 11) is 1.82. The molecule has 1 aromatic heterocycles. The molecule has 1 fully saturated rings. The summed E-state index contributed by atoms with van der Waals surface area (Å²) in [5.41, 5.74) is 1.44. The van der Waals surface area contributed by atoms with Crippen LogP contribution in [0.15, 0.2) is 29.3 Å². The molecule has 8 heteroatoms. The molecule has 0 aliphatic carbocycles. The zero-order valence-electron chi connectivity index (χ0n) is 15.6. The molecule has 2 aromatic rings. The number of fused-ring (bicyclic) bond motifs is 2. The predicted molar refractivity (Wildman–Crippen MR) is 104 cm³/mol. The Kier molecular flexibility index (Phi) is 4.65. The molecule has 2 unspecified atom stereocenters. The molecule has 3 heterocycles. The summed E-state index contributed by atoms with van der Waals surface area (Å²) in [5.74, 6) is 0.323. The number of aromatic nitrogens is 1. The molecule has 1 saturated heterocycles. The number of nitrogens with zero attached hydrogens (tertiary/aromatic N) is 1. The standard InChI is InChI=1S/C19H23FN4O2S/c1-11-6-13(4-5-14(11)20)22-18(25)16-17-15(8-24(16)3)27-23-19(2)10-21-7-12(19)9-26-17/h4-6,8,12,21,23H,7,9-10H2,1-3H3,(H,22,25). The number of halogens is 1. The first-order chi connectivity index (χ1) is 12.9. The highest BCUT2D eigenvalue weighted by Crippen LogP contribution is 2.39. The third kappa shape index (κ3) is 3.33. The van der Waals surface area contributed by atoms with E-state index >= 15 is 0 Å². The van der Waals surface area contributed by atoms with Gasteiger partial charge in [0.25, 0.3) is 5.91 Å². The van der Waals surface area contributed by atoms with Crippen molar-refractivity contribution in [3.63, 3.8) is 0 Å². The first-order valence-electron chi connectivity index (χ1n) is 8.92. The molecule has 6 nitrogen and oxygen atoms in total. The molecule has 3 N–H and O–H groups in total. The second kappa shape index (κ2) is 6.85. The molecule has 0 radical (unpaired) electrons. The van der Waals surface area contributed by atoms with Crippen molar-refractivity contribution in [1.29, 1.82) is 0 Å². The predicted octanol–water partition coefficient (Wildman–Crippen LogP) is 2.69. The van der Waals surface area contributed by atoms with Crippen molar-refractivity contribution in [1.82, 2.24) is 14.6 Å². The number of nitrogens with one attached hydrogen (secondary N) is 3. The summed E-state index contributed by atoms with van der Waals surface area (Å²) >= 11 is 1.50. The molecule has 2 atom stereocenters. The monoisotopic (exact) mass is 390 g/mol. The highest BCUT2D eigenvalue weighted by Gasteiger charge is 2.41. The summed E-state index contributed by atoms with van der Waals surface area (Å²) < 4.78 is 24.9. The van der Waals surface area contributed by atoms with Gasteiger partial charge in [-0.3, -0.25) is 9.52 Å². The van der Waals surface area contributed by atoms with Crippen LogP contribution in [0.4, 0.5) is 10.1 Å². The van der Waals surface area contributed by atoms with E-state index in [2.05, 4.69) is 22.3 Å². The lowest BCUT2D eigenvalue weighted by molar-refractivity contribution is 0.101. The number of hydrogen-bond acceptors (Lipinski definition) is 5. The van der Waals surface area contributed by atoms with Crippen LogP contribution in [0.2, 0.25) is 0 Å². The summed E-state index contributed by atoms with van der Waals surface area (Å²) in [6.07, 6.45) is 1.89. The van der Waals surface area contributed by atoms with Gasteiger partial charge >= 0.3 is 0 Å². The molecular formula is C19H23FN4O2S. The lowest BCUT2D eigenvalue weighted by Gasteiger charge is -2.33. The molecule has 144 valence electrons. The maximum Gasteiger partial charge on any atom is 0.276 e. The number of aryl methyl sites for hydroxylation is 2. The zero-order valence-corrected chi connectivity index (χ0v) is 16.4. The van der Waals surface area contributed by atoms with Crippen LogP contribution in [0.3, 0.4) is 0 Å². The van der Waals surface area contributed by atoms with Crippen molar-refractivity contribution >= 4 is 23.5 Å². The van der Waals surface area contributed by atoms with E-state index in [4.69, 9.17) is 4.74 Å². The summed E-state index contributed by atoms with van der Waals surface area (Å²) in [6, 6.07) is 4.52. The zero-order chi connectivity index (χ0) is 19.2. The van der Waals surface area contributed by atoms with Crippen LogP contribution in [0.1, 0.15) is 23.0 Å². The summed E-state index contributed by atoms with van der Waals surface area (Å²) in [6.45, 7) is 6.15. The average molecular weight is 390 g/mol. The fourth-order valence-corrected chi connectivity index (χ4v) is 4.60. The van der Waals surface area contributed by atoms with E-state index in [1.165, 1.54) is 18.0 Å². The second-order valence-corrected chi connectivity index (χ2v) is 8.31. The molecule has 2 aliphatic rings. The van der Waals surface area contributed by atoms with Crippen LogP contribution in [0, 0.1) is 18.7 Å². The minimum atomic E-state index is -0.295. The van der Waals surface area contributed by atoms with Gasteiger partial charge in [0.1, 0.15) is 5.82 Å². The molecule has 2 aliphatic heterocycles. The van der Waals surface area contributed by atoms with Gasteiger partial charge in [-0.1, -0.05) is 0 Å². The molecule has 27 heavy (non-hydrogen) atoms. The molecule has 0 bridgehead atoms. The van der Waals surface area contributed by atoms with Crippen molar-refractivity contribution in [2.75, 3.05) is 25.0 Å². The van der Waals surface area contributed by atoms with Crippen LogP contribution in [0.5, 0.6) is 5.75 Å². The third-order valence-electron chi connectivity index (χ3n) is 5.34. The Balaban J connectivity index is 1.61. The van der Waals surface area contributed by atoms with E-state index in [-0.39, 0.29) is 17.3 Å². The lowest BCUT2D eigenvalue weighted by atomic mass is 9.91. The number of rotatable bonds is 2. The summed E-state index contributed by atoms with van der Waals surface area (Å²) in [5, 5.41) is 6.24. The quantitative estimate of drug-likeness (QED) is 0.688. The minimum Gasteiger partial charge on any atom is -0.489 e. The number of carbonyl (C=O) groups excluding carboxylic acids is 1. The van der Waals surface area contributed by atoms with E-state index in [1.807, 2.05) is 13.2 Å². The fourth-order valence-electron chi connectivity index (χ4n) is 3.56. The number of hydrogen-bond donors (Lipinski definition) is 3. The Labute approximate surface area is 162 Å². The lowest BCUT2D eigenvalue weighted by Crippen LogP contribution is -2.48. The van der Waals surface area contributed by atoms with Crippen LogP contribution in [0.25, 0.3) is 0 Å². The van der Waals surface area contributed by atoms with Gasteiger partial charge < -0.3 is 19.9 Å². The van der Waals surface area contributed by atoms with E-state index in [0.717, 1.165) is 18.0 Å². The van der Waals surface area contributed by atoms with Gasteiger partial charge in [0, 0.05) is 43.5 Å². The number of benzene rings is 1. The summed E-state index contributed by atoms with van der Waals surface area (Å²) in [4.78, 5) is 13.8. The van der Waals surface area contributed by atoms with Gasteiger partial charge in [-0.15, -0.1) is 0 Å². The Morgan fingerprint density at radius 3 is 3.07 bits per heavy atom. The Morgan fingerprint density at radius 2 is 2.30 bits per heavy atom. The molecule has 0 saturated carbocycles. The Bertz CT molecular complexity index is 900. The molecule has 1 amide bonds. The number of ether oxygens (including phenoxy) is 1. The van der Waals surface area contributed by atoms with Crippen molar-refractivity contribution in [2.45, 2.75) is 24.3 Å². The van der Waals surface area contributed by atoms with Crippen molar-refractivity contribution in [2.24, 2.45) is 13.0 Å². The van der Waals surface area contributed by atoms with Crippen molar-refractivity contribution in [3.05, 3.63) is 41.5 Å². The second-order valence-electron chi connectivity index (χ2n) is 7.46. The smallest absolute Gasteiger partial charge is 0.276 e. The number of anilines is 1. The van der Waals surface area contributed by atoms with Gasteiger partial charge in [-0.25, -0.2) is 4.39 Å². The normalized spacial score (nSPS) is 24.4. The Morgan fingerprint density at radius 1 is 1.48 bits per heavy atom. The number of amides is 1. The van der Waals surface area contributed by atoms with Crippen LogP contribution >= 0.6 is 11.9 Å². The third-order valence-corrected chi connectivity index (χ3v) is 6.42. The highest BCUT2D eigenvalue weighted by atomic mass is 32.2. The van der Waals surface area contributed by atoms with Crippen molar-refractivity contribution in [3.8, 4) is 5.75 Å². The minimum absolute atomic E-state index is 0.0493. The van der Waals surface area contributed by atoms with Crippen molar-refractivity contribution < 1.29 is 13.9 Å². The molecule has 4 rings (SSSR count). The average Bonchev–Trinajstić information content (AvgIpc) is 3.12. The largest absolute Gasteiger partial charge is 0.489 e. The topological polar surface area (TPSA) is 67.3 Å². The number of carbonyl (C=O) groups is 1. The molecular weight excluding hydrogens is 367 g/mol. The van der Waals surface area contributed by atoms with Gasteiger partial charge in [0.05, 0.1) is 11.5 Å². The maximum absolute atomic E-state index is 13.5. The van der Waals surface area contributed by atoms with E-state index in [0.29, 0.717) is 35.2 Å². The van der Waals surface area contributed by atoms with E-state index in [1.54, 1.807) is 23.6 Å². The first-order valence-corrected chi connectivity index (χ1v) is 9.73. The van der Waals surface area contributed by atoms with Gasteiger partial charge in [0.15, 0.2) is 11.4 Å². The van der Waals surface area contributed by atoms with Gasteiger partial charge in [-0.05, 0) is 49.6 Å². The van der Waals surface area contributed by atoms with Crippen LogP contribution in [-0.2, 0) is 7.05 Å². The SMILES string of the molecule is Cc1cc(NC(=O)c2c3c(cn2C)SNC2(C)CNCC2CO3)ccc1F. The fraction of sp³-hybridized carbons (Fsp3) is 0.421. The van der Waals surface area contributed by atoms with Crippen LogP contribution < -0.4 is 20.1 Å². The Hall–Kier alpha value is -2.03. The van der Waals surface area contributed by atoms with Gasteiger partial charge in [0.2, 0.25) is 0 Å². The first kappa shape index (κ1) is 18.3. The molecule has 0 spiro atoms. The van der Waals surface area contributed by atoms with Crippen LogP contribution in [-0.4, -0.2) is 35.7 Å². The highest BCUT2D eigenvalue weighted by molar-refractivity contribution is 7.97.